The van der Waals surface area contributed by atoms with Crippen LogP contribution in [-0.2, 0) is 0 Å². The lowest BCUT2D eigenvalue weighted by atomic mass is 9.81. The fourth-order valence-corrected chi connectivity index (χ4v) is 4.72. The van der Waals surface area contributed by atoms with Gasteiger partial charge in [-0.15, -0.1) is 0 Å². The molecule has 4 rings (SSSR count). The van der Waals surface area contributed by atoms with Crippen LogP contribution in [0.3, 0.4) is 0 Å². The fourth-order valence-electron chi connectivity index (χ4n) is 4.72. The molecule has 2 atom stereocenters. The zero-order valence-electron chi connectivity index (χ0n) is 15.4. The van der Waals surface area contributed by atoms with Crippen molar-refractivity contribution in [2.45, 2.75) is 45.1 Å². The summed E-state index contributed by atoms with van der Waals surface area (Å²) in [7, 11) is 0. The number of nitrogens with zero attached hydrogens (tertiary/aromatic N) is 2. The van der Waals surface area contributed by atoms with Gasteiger partial charge in [0.2, 0.25) is 0 Å². The molecule has 1 saturated carbocycles. The van der Waals surface area contributed by atoms with E-state index in [1.807, 2.05) is 36.4 Å². The van der Waals surface area contributed by atoms with Gasteiger partial charge in [0, 0.05) is 24.1 Å². The van der Waals surface area contributed by atoms with Gasteiger partial charge < -0.3 is 0 Å². The summed E-state index contributed by atoms with van der Waals surface area (Å²) in [5.74, 6) is 0.823. The molecule has 2 aliphatic rings. The van der Waals surface area contributed by atoms with E-state index < -0.39 is 0 Å². The quantitative estimate of drug-likeness (QED) is 0.750. The average Bonchev–Trinajstić information content (AvgIpc) is 3.21. The third kappa shape index (κ3) is 3.27. The highest BCUT2D eigenvalue weighted by molar-refractivity contribution is 6.01. The van der Waals surface area contributed by atoms with E-state index in [0.717, 1.165) is 35.8 Å². The SMILES string of the molecule is C[C@H]1CCN(C2CCCC2)C[C@@H]1C(=O)c1ccc2cc(C#N)ccc2c1. The van der Waals surface area contributed by atoms with Crippen LogP contribution in [-0.4, -0.2) is 29.8 Å². The van der Waals surface area contributed by atoms with Crippen LogP contribution in [0.5, 0.6) is 0 Å². The molecule has 0 aromatic heterocycles. The van der Waals surface area contributed by atoms with Gasteiger partial charge in [-0.2, -0.15) is 5.26 Å². The number of benzene rings is 2. The Hall–Kier alpha value is -2.18. The van der Waals surface area contributed by atoms with Crippen molar-refractivity contribution in [1.82, 2.24) is 4.90 Å². The minimum Gasteiger partial charge on any atom is -0.300 e. The van der Waals surface area contributed by atoms with Crippen molar-refractivity contribution in [1.29, 1.82) is 5.26 Å². The second-order valence-electron chi connectivity index (χ2n) is 8.06. The lowest BCUT2D eigenvalue weighted by molar-refractivity contribution is 0.0622. The molecule has 2 aromatic rings. The maximum absolute atomic E-state index is 13.3. The second-order valence-corrected chi connectivity index (χ2v) is 8.06. The molecule has 1 heterocycles. The lowest BCUT2D eigenvalue weighted by Gasteiger charge is -2.39. The first-order chi connectivity index (χ1) is 12.7. The van der Waals surface area contributed by atoms with Gasteiger partial charge in [0.05, 0.1) is 11.6 Å². The smallest absolute Gasteiger partial charge is 0.167 e. The molecule has 0 amide bonds. The number of ketones is 1. The molecule has 1 aliphatic carbocycles. The lowest BCUT2D eigenvalue weighted by Crippen LogP contribution is -2.46. The molecule has 0 unspecified atom stereocenters. The fraction of sp³-hybridized carbons (Fsp3) is 0.478. The van der Waals surface area contributed by atoms with E-state index in [4.69, 9.17) is 5.26 Å². The molecule has 26 heavy (non-hydrogen) atoms. The predicted octanol–water partition coefficient (Wildman–Crippen LogP) is 4.79. The maximum atomic E-state index is 13.3. The number of rotatable bonds is 3. The number of piperidine rings is 1. The molecule has 0 N–H and O–H groups in total. The standard InChI is InChI=1S/C23H26N2O/c1-16-10-11-25(21-4-2-3-5-21)15-22(16)23(26)20-9-8-18-12-17(14-24)6-7-19(18)13-20/h6-9,12-13,16,21-22H,2-5,10-11,15H2,1H3/t16-,22-/m0/s1. The summed E-state index contributed by atoms with van der Waals surface area (Å²) in [6.45, 7) is 4.29. The third-order valence-electron chi connectivity index (χ3n) is 6.42. The van der Waals surface area contributed by atoms with Crippen LogP contribution in [0.25, 0.3) is 10.8 Å². The number of fused-ring (bicyclic) bond motifs is 1. The van der Waals surface area contributed by atoms with Crippen LogP contribution in [0.1, 0.15) is 54.9 Å². The Balaban J connectivity index is 1.57. The molecule has 0 spiro atoms. The zero-order chi connectivity index (χ0) is 18.1. The highest BCUT2D eigenvalue weighted by atomic mass is 16.1. The van der Waals surface area contributed by atoms with E-state index in [9.17, 15) is 4.79 Å². The Labute approximate surface area is 155 Å². The number of likely N-dealkylation sites (tertiary alicyclic amines) is 1. The van der Waals surface area contributed by atoms with Gasteiger partial charge in [-0.25, -0.2) is 0 Å². The van der Waals surface area contributed by atoms with Gasteiger partial charge in [0.15, 0.2) is 5.78 Å². The molecular formula is C23H26N2O. The molecule has 3 nitrogen and oxygen atoms in total. The Kier molecular flexibility index (Phi) is 4.78. The molecule has 3 heteroatoms. The average molecular weight is 346 g/mol. The molecule has 2 aromatic carbocycles. The molecule has 0 radical (unpaired) electrons. The van der Waals surface area contributed by atoms with Gasteiger partial charge in [-0.3, -0.25) is 9.69 Å². The molecule has 0 bridgehead atoms. The van der Waals surface area contributed by atoms with Crippen molar-refractivity contribution >= 4 is 16.6 Å². The topological polar surface area (TPSA) is 44.1 Å². The number of nitriles is 1. The van der Waals surface area contributed by atoms with Gasteiger partial charge in [0.1, 0.15) is 0 Å². The van der Waals surface area contributed by atoms with Crippen molar-refractivity contribution < 1.29 is 4.79 Å². The van der Waals surface area contributed by atoms with Crippen molar-refractivity contribution in [3.63, 3.8) is 0 Å². The molecule has 1 saturated heterocycles. The predicted molar refractivity (Wildman–Crippen MR) is 104 cm³/mol. The van der Waals surface area contributed by atoms with Crippen LogP contribution in [0.15, 0.2) is 36.4 Å². The van der Waals surface area contributed by atoms with Crippen LogP contribution >= 0.6 is 0 Å². The van der Waals surface area contributed by atoms with E-state index in [1.54, 1.807) is 0 Å². The highest BCUT2D eigenvalue weighted by Crippen LogP contribution is 2.32. The summed E-state index contributed by atoms with van der Waals surface area (Å²) in [5, 5.41) is 11.1. The number of hydrogen-bond acceptors (Lipinski definition) is 3. The minimum atomic E-state index is 0.0974. The second kappa shape index (κ2) is 7.21. The van der Waals surface area contributed by atoms with E-state index in [0.29, 0.717) is 17.5 Å². The molecule has 134 valence electrons. The van der Waals surface area contributed by atoms with Crippen LogP contribution in [0, 0.1) is 23.2 Å². The van der Waals surface area contributed by atoms with Gasteiger partial charge in [-0.1, -0.05) is 38.0 Å². The van der Waals surface area contributed by atoms with Crippen LogP contribution < -0.4 is 0 Å². The Morgan fingerprint density at radius 1 is 1.08 bits per heavy atom. The monoisotopic (exact) mass is 346 g/mol. The third-order valence-corrected chi connectivity index (χ3v) is 6.42. The molecule has 2 fully saturated rings. The van der Waals surface area contributed by atoms with Gasteiger partial charge >= 0.3 is 0 Å². The van der Waals surface area contributed by atoms with E-state index in [1.165, 1.54) is 25.7 Å². The summed E-state index contributed by atoms with van der Waals surface area (Å²) in [5.41, 5.74) is 1.47. The number of hydrogen-bond donors (Lipinski definition) is 0. The van der Waals surface area contributed by atoms with Crippen LogP contribution in [0.2, 0.25) is 0 Å². The highest BCUT2D eigenvalue weighted by Gasteiger charge is 2.35. The summed E-state index contributed by atoms with van der Waals surface area (Å²) in [6, 6.07) is 14.4. The van der Waals surface area contributed by atoms with Crippen molar-refractivity contribution in [3.05, 3.63) is 47.5 Å². The van der Waals surface area contributed by atoms with Crippen LogP contribution in [0.4, 0.5) is 0 Å². The van der Waals surface area contributed by atoms with Gasteiger partial charge in [0.25, 0.3) is 0 Å². The normalized spacial score (nSPS) is 24.6. The summed E-state index contributed by atoms with van der Waals surface area (Å²) in [4.78, 5) is 15.8. The van der Waals surface area contributed by atoms with E-state index in [-0.39, 0.29) is 11.7 Å². The van der Waals surface area contributed by atoms with E-state index >= 15 is 0 Å². The Morgan fingerprint density at radius 2 is 1.81 bits per heavy atom. The first kappa shape index (κ1) is 17.2. The van der Waals surface area contributed by atoms with Crippen molar-refractivity contribution in [2.24, 2.45) is 11.8 Å². The first-order valence-electron chi connectivity index (χ1n) is 9.88. The van der Waals surface area contributed by atoms with Crippen molar-refractivity contribution in [2.75, 3.05) is 13.1 Å². The Bertz CT molecular complexity index is 860. The summed E-state index contributed by atoms with van der Waals surface area (Å²) in [6.07, 6.45) is 6.39. The van der Waals surface area contributed by atoms with E-state index in [2.05, 4.69) is 17.9 Å². The molecule has 1 aliphatic heterocycles. The number of carbonyl (C=O) groups is 1. The largest absolute Gasteiger partial charge is 0.300 e. The number of Topliss-reactive ketones (excluding diaryl/α,β-unsaturated/α-hetero) is 1. The number of carbonyl (C=O) groups excluding carboxylic acids is 1. The molecular weight excluding hydrogens is 320 g/mol. The summed E-state index contributed by atoms with van der Waals surface area (Å²) >= 11 is 0. The maximum Gasteiger partial charge on any atom is 0.167 e. The Morgan fingerprint density at radius 3 is 2.58 bits per heavy atom. The van der Waals surface area contributed by atoms with Gasteiger partial charge in [-0.05, 0) is 60.7 Å². The summed E-state index contributed by atoms with van der Waals surface area (Å²) < 4.78 is 0. The zero-order valence-corrected chi connectivity index (χ0v) is 15.4. The van der Waals surface area contributed by atoms with Crippen molar-refractivity contribution in [3.8, 4) is 6.07 Å². The minimum absolute atomic E-state index is 0.0974. The first-order valence-corrected chi connectivity index (χ1v) is 9.88.